The molecule has 1 aromatic heterocycles. The van der Waals surface area contributed by atoms with Gasteiger partial charge in [0.25, 0.3) is 0 Å². The first-order valence-electron chi connectivity index (χ1n) is 7.96. The maximum absolute atomic E-state index is 9.76. The molecule has 1 heterocycles. The van der Waals surface area contributed by atoms with E-state index in [0.717, 1.165) is 16.9 Å². The van der Waals surface area contributed by atoms with Gasteiger partial charge in [0.15, 0.2) is 0 Å². The molecule has 0 bridgehead atoms. The molecule has 0 saturated heterocycles. The number of aryl methyl sites for hydroxylation is 2. The Kier molecular flexibility index (Phi) is 5.93. The molecule has 126 valence electrons. The summed E-state index contributed by atoms with van der Waals surface area (Å²) in [5.41, 5.74) is 5.77. The highest BCUT2D eigenvalue weighted by Crippen LogP contribution is 2.22. The van der Waals surface area contributed by atoms with Crippen molar-refractivity contribution in [1.29, 1.82) is 0 Å². The van der Waals surface area contributed by atoms with Gasteiger partial charge in [-0.25, -0.2) is 4.68 Å². The fraction of sp³-hybridized carbons (Fsp3) is 0.500. The number of hydrogen-bond acceptors (Lipinski definition) is 4. The van der Waals surface area contributed by atoms with Gasteiger partial charge in [-0.05, 0) is 44.9 Å². The van der Waals surface area contributed by atoms with Crippen LogP contribution < -0.4 is 5.32 Å². The van der Waals surface area contributed by atoms with Gasteiger partial charge >= 0.3 is 0 Å². The van der Waals surface area contributed by atoms with Gasteiger partial charge in [-0.1, -0.05) is 12.1 Å². The van der Waals surface area contributed by atoms with Crippen molar-refractivity contribution in [2.45, 2.75) is 39.8 Å². The third-order valence-electron chi connectivity index (χ3n) is 4.13. The minimum Gasteiger partial charge on any atom is -0.389 e. The van der Waals surface area contributed by atoms with Crippen LogP contribution in [-0.2, 0) is 4.74 Å². The molecule has 1 aromatic carbocycles. The Labute approximate surface area is 138 Å². The van der Waals surface area contributed by atoms with E-state index in [-0.39, 0.29) is 6.04 Å². The van der Waals surface area contributed by atoms with Gasteiger partial charge in [-0.3, -0.25) is 0 Å². The zero-order valence-electron chi connectivity index (χ0n) is 14.6. The van der Waals surface area contributed by atoms with Gasteiger partial charge in [0.05, 0.1) is 24.6 Å². The van der Waals surface area contributed by atoms with E-state index in [1.807, 2.05) is 10.9 Å². The lowest BCUT2D eigenvalue weighted by atomic mass is 10.1. The molecule has 2 rings (SSSR count). The summed E-state index contributed by atoms with van der Waals surface area (Å²) in [6, 6.07) is 6.49. The summed E-state index contributed by atoms with van der Waals surface area (Å²) in [6.07, 6.45) is 1.40. The van der Waals surface area contributed by atoms with Gasteiger partial charge < -0.3 is 15.2 Å². The smallest absolute Gasteiger partial charge is 0.0897 e. The molecule has 0 amide bonds. The summed E-state index contributed by atoms with van der Waals surface area (Å²) in [4.78, 5) is 0. The molecular formula is C18H27N3O2. The first-order chi connectivity index (χ1) is 10.9. The quantitative estimate of drug-likeness (QED) is 0.823. The second-order valence-electron chi connectivity index (χ2n) is 6.13. The zero-order chi connectivity index (χ0) is 17.0. The number of nitrogens with one attached hydrogen (secondary N) is 1. The van der Waals surface area contributed by atoms with E-state index in [1.165, 1.54) is 11.1 Å². The highest BCUT2D eigenvalue weighted by atomic mass is 16.5. The van der Waals surface area contributed by atoms with E-state index in [9.17, 15) is 5.11 Å². The molecule has 5 heteroatoms. The first kappa shape index (κ1) is 17.7. The van der Waals surface area contributed by atoms with Crippen LogP contribution in [0, 0.1) is 20.8 Å². The van der Waals surface area contributed by atoms with Gasteiger partial charge in [-0.2, -0.15) is 5.10 Å². The molecule has 0 aliphatic carbocycles. The molecule has 0 aliphatic rings. The number of nitrogens with zero attached hydrogens (tertiary/aromatic N) is 2. The van der Waals surface area contributed by atoms with Crippen LogP contribution in [0.25, 0.3) is 5.69 Å². The largest absolute Gasteiger partial charge is 0.389 e. The molecule has 0 saturated carbocycles. The van der Waals surface area contributed by atoms with Crippen LogP contribution in [0.1, 0.15) is 35.3 Å². The fourth-order valence-corrected chi connectivity index (χ4v) is 2.71. The van der Waals surface area contributed by atoms with E-state index in [4.69, 9.17) is 4.74 Å². The third-order valence-corrected chi connectivity index (χ3v) is 4.13. The average Bonchev–Trinajstić information content (AvgIpc) is 2.89. The summed E-state index contributed by atoms with van der Waals surface area (Å²) in [7, 11) is 1.59. The lowest BCUT2D eigenvalue weighted by Crippen LogP contribution is -2.32. The van der Waals surface area contributed by atoms with Crippen molar-refractivity contribution in [1.82, 2.24) is 15.1 Å². The molecule has 5 nitrogen and oxygen atoms in total. The van der Waals surface area contributed by atoms with Crippen LogP contribution in [0.4, 0.5) is 0 Å². The number of methoxy groups -OCH3 is 1. The van der Waals surface area contributed by atoms with E-state index in [1.54, 1.807) is 7.11 Å². The van der Waals surface area contributed by atoms with Crippen LogP contribution in [0.2, 0.25) is 0 Å². The zero-order valence-corrected chi connectivity index (χ0v) is 14.6. The van der Waals surface area contributed by atoms with Crippen LogP contribution in [0.5, 0.6) is 0 Å². The topological polar surface area (TPSA) is 59.3 Å². The summed E-state index contributed by atoms with van der Waals surface area (Å²) >= 11 is 0. The molecule has 0 aliphatic heterocycles. The number of rotatable bonds is 7. The van der Waals surface area contributed by atoms with Crippen molar-refractivity contribution in [3.8, 4) is 5.69 Å². The first-order valence-corrected chi connectivity index (χ1v) is 7.96. The summed E-state index contributed by atoms with van der Waals surface area (Å²) in [6.45, 7) is 9.16. The van der Waals surface area contributed by atoms with Crippen molar-refractivity contribution >= 4 is 0 Å². The second-order valence-corrected chi connectivity index (χ2v) is 6.13. The molecule has 0 spiro atoms. The number of aromatic nitrogens is 2. The van der Waals surface area contributed by atoms with Crippen molar-refractivity contribution in [2.75, 3.05) is 20.3 Å². The molecule has 2 N–H and O–H groups in total. The fourth-order valence-electron chi connectivity index (χ4n) is 2.71. The van der Waals surface area contributed by atoms with Gasteiger partial charge in [0.1, 0.15) is 0 Å². The van der Waals surface area contributed by atoms with Crippen LogP contribution >= 0.6 is 0 Å². The molecular weight excluding hydrogens is 290 g/mol. The van der Waals surface area contributed by atoms with E-state index >= 15 is 0 Å². The molecule has 0 radical (unpaired) electrons. The van der Waals surface area contributed by atoms with Gasteiger partial charge in [0, 0.05) is 31.0 Å². The summed E-state index contributed by atoms with van der Waals surface area (Å²) in [5, 5.41) is 17.6. The average molecular weight is 317 g/mol. The number of hydrogen-bond donors (Lipinski definition) is 2. The van der Waals surface area contributed by atoms with Crippen molar-refractivity contribution < 1.29 is 9.84 Å². The third kappa shape index (κ3) is 4.19. The Morgan fingerprint density at radius 1 is 1.30 bits per heavy atom. The second kappa shape index (κ2) is 7.73. The number of aliphatic hydroxyl groups is 1. The number of aliphatic hydroxyl groups excluding tert-OH is 1. The molecule has 23 heavy (non-hydrogen) atoms. The van der Waals surface area contributed by atoms with Gasteiger partial charge in [-0.15, -0.1) is 0 Å². The van der Waals surface area contributed by atoms with Gasteiger partial charge in [0.2, 0.25) is 0 Å². The predicted molar refractivity (Wildman–Crippen MR) is 92.1 cm³/mol. The number of benzene rings is 1. The van der Waals surface area contributed by atoms with Crippen LogP contribution in [-0.4, -0.2) is 41.3 Å². The minimum atomic E-state index is -0.503. The Morgan fingerprint density at radius 3 is 2.74 bits per heavy atom. The summed E-state index contributed by atoms with van der Waals surface area (Å²) < 4.78 is 6.93. The van der Waals surface area contributed by atoms with E-state index in [0.29, 0.717) is 13.2 Å². The standard InChI is InChI=1S/C18H27N3O2/c1-12-6-7-13(2)18(8-12)21-15(4)17(10-20-21)14(3)19-9-16(22)11-23-5/h6-8,10,14,16,19,22H,9,11H2,1-5H3. The highest BCUT2D eigenvalue weighted by molar-refractivity contribution is 5.44. The lowest BCUT2D eigenvalue weighted by molar-refractivity contribution is 0.0630. The van der Waals surface area contributed by atoms with E-state index < -0.39 is 6.10 Å². The monoisotopic (exact) mass is 317 g/mol. The molecule has 0 fully saturated rings. The molecule has 2 unspecified atom stereocenters. The predicted octanol–water partition coefficient (Wildman–Crippen LogP) is 2.46. The Bertz CT molecular complexity index is 652. The lowest BCUT2D eigenvalue weighted by Gasteiger charge is -2.17. The maximum atomic E-state index is 9.76. The van der Waals surface area contributed by atoms with Crippen molar-refractivity contribution in [3.63, 3.8) is 0 Å². The Hall–Kier alpha value is -1.69. The maximum Gasteiger partial charge on any atom is 0.0897 e. The summed E-state index contributed by atoms with van der Waals surface area (Å²) in [5.74, 6) is 0. The minimum absolute atomic E-state index is 0.111. The van der Waals surface area contributed by atoms with Crippen molar-refractivity contribution in [2.24, 2.45) is 0 Å². The normalized spacial score (nSPS) is 14.0. The SMILES string of the molecule is COCC(O)CNC(C)c1cnn(-c2cc(C)ccc2C)c1C. The van der Waals surface area contributed by atoms with Crippen LogP contribution in [0.15, 0.2) is 24.4 Å². The molecule has 2 aromatic rings. The number of ether oxygens (including phenoxy) is 1. The Balaban J connectivity index is 2.17. The van der Waals surface area contributed by atoms with E-state index in [2.05, 4.69) is 56.3 Å². The highest BCUT2D eigenvalue weighted by Gasteiger charge is 2.16. The van der Waals surface area contributed by atoms with Crippen LogP contribution in [0.3, 0.4) is 0 Å². The van der Waals surface area contributed by atoms with Crippen molar-refractivity contribution in [3.05, 3.63) is 46.8 Å². The Morgan fingerprint density at radius 2 is 2.04 bits per heavy atom. The molecule has 2 atom stereocenters.